The minimum absolute atomic E-state index is 0.167. The molecule has 0 aliphatic carbocycles. The van der Waals surface area contributed by atoms with Crippen molar-refractivity contribution < 1.29 is 4.39 Å². The van der Waals surface area contributed by atoms with Crippen molar-refractivity contribution in [3.8, 4) is 0 Å². The Morgan fingerprint density at radius 1 is 1.44 bits per heavy atom. The predicted molar refractivity (Wildman–Crippen MR) is 65.2 cm³/mol. The van der Waals surface area contributed by atoms with Crippen molar-refractivity contribution in [3.63, 3.8) is 0 Å². The summed E-state index contributed by atoms with van der Waals surface area (Å²) >= 11 is 6.20. The molecule has 0 aromatic heterocycles. The molecule has 1 aromatic rings. The number of alkyl halides is 1. The minimum Gasteiger partial charge on any atom is -0.292 e. The van der Waals surface area contributed by atoms with E-state index in [1.54, 1.807) is 12.1 Å². The summed E-state index contributed by atoms with van der Waals surface area (Å²) in [5.41, 5.74) is 1.04. The molecule has 1 aliphatic rings. The molecule has 0 saturated carbocycles. The Bertz CT molecular complexity index is 367. The highest BCUT2D eigenvalue weighted by atomic mass is 35.5. The lowest BCUT2D eigenvalue weighted by molar-refractivity contribution is 0.205. The monoisotopic (exact) mass is 241 g/mol. The van der Waals surface area contributed by atoms with Crippen molar-refractivity contribution in [1.82, 2.24) is 4.90 Å². The standard InChI is InChI=1S/C13H17ClFN/c1-9(2)16-8-11(14)7-13(16)10-4-3-5-12(15)6-10/h3-6,9,11,13H,7-8H2,1-2H3. The van der Waals surface area contributed by atoms with Gasteiger partial charge in [-0.25, -0.2) is 4.39 Å². The Hall–Kier alpha value is -0.600. The van der Waals surface area contributed by atoms with Gasteiger partial charge in [-0.2, -0.15) is 0 Å². The van der Waals surface area contributed by atoms with Gasteiger partial charge in [0.1, 0.15) is 5.82 Å². The first kappa shape index (κ1) is 11.9. The third-order valence-corrected chi connectivity index (χ3v) is 3.50. The van der Waals surface area contributed by atoms with Gasteiger partial charge in [0.2, 0.25) is 0 Å². The second kappa shape index (κ2) is 4.72. The summed E-state index contributed by atoms with van der Waals surface area (Å²) in [6.07, 6.45) is 0.906. The summed E-state index contributed by atoms with van der Waals surface area (Å²) < 4.78 is 13.2. The van der Waals surface area contributed by atoms with Crippen LogP contribution in [0.25, 0.3) is 0 Å². The molecular weight excluding hydrogens is 225 g/mol. The Morgan fingerprint density at radius 3 is 2.81 bits per heavy atom. The fourth-order valence-corrected chi connectivity index (χ4v) is 2.75. The highest BCUT2D eigenvalue weighted by molar-refractivity contribution is 6.21. The molecule has 3 heteroatoms. The summed E-state index contributed by atoms with van der Waals surface area (Å²) in [7, 11) is 0. The van der Waals surface area contributed by atoms with E-state index in [2.05, 4.69) is 18.7 Å². The molecule has 88 valence electrons. The Kier molecular flexibility index (Phi) is 3.50. The van der Waals surface area contributed by atoms with Crippen LogP contribution in [-0.4, -0.2) is 22.9 Å². The van der Waals surface area contributed by atoms with E-state index in [9.17, 15) is 4.39 Å². The first-order chi connectivity index (χ1) is 7.58. The molecule has 0 bridgehead atoms. The molecular formula is C13H17ClFN. The van der Waals surface area contributed by atoms with Crippen molar-refractivity contribution in [2.75, 3.05) is 6.54 Å². The molecule has 0 amide bonds. The number of benzene rings is 1. The SMILES string of the molecule is CC(C)N1CC(Cl)CC1c1cccc(F)c1. The number of nitrogens with zero attached hydrogens (tertiary/aromatic N) is 1. The average Bonchev–Trinajstić information content (AvgIpc) is 2.60. The summed E-state index contributed by atoms with van der Waals surface area (Å²) in [4.78, 5) is 2.34. The van der Waals surface area contributed by atoms with Crippen molar-refractivity contribution >= 4 is 11.6 Å². The molecule has 1 aliphatic heterocycles. The fourth-order valence-electron chi connectivity index (χ4n) is 2.42. The van der Waals surface area contributed by atoms with E-state index in [1.807, 2.05) is 6.07 Å². The van der Waals surface area contributed by atoms with E-state index in [4.69, 9.17) is 11.6 Å². The van der Waals surface area contributed by atoms with E-state index >= 15 is 0 Å². The van der Waals surface area contributed by atoms with Gasteiger partial charge in [-0.15, -0.1) is 11.6 Å². The van der Waals surface area contributed by atoms with Crippen LogP contribution in [0.1, 0.15) is 31.9 Å². The largest absolute Gasteiger partial charge is 0.292 e. The second-order valence-corrected chi connectivity index (χ2v) is 5.31. The number of hydrogen-bond donors (Lipinski definition) is 0. The van der Waals surface area contributed by atoms with Gasteiger partial charge < -0.3 is 0 Å². The fraction of sp³-hybridized carbons (Fsp3) is 0.538. The summed E-state index contributed by atoms with van der Waals surface area (Å²) in [6.45, 7) is 5.20. The summed E-state index contributed by atoms with van der Waals surface area (Å²) in [5, 5.41) is 0.177. The van der Waals surface area contributed by atoms with Crippen LogP contribution < -0.4 is 0 Å². The lowest BCUT2D eigenvalue weighted by atomic mass is 10.0. The number of halogens is 2. The molecule has 0 radical (unpaired) electrons. The van der Waals surface area contributed by atoms with E-state index < -0.39 is 0 Å². The Morgan fingerprint density at radius 2 is 2.19 bits per heavy atom. The van der Waals surface area contributed by atoms with Crippen molar-refractivity contribution in [1.29, 1.82) is 0 Å². The highest BCUT2D eigenvalue weighted by Gasteiger charge is 2.33. The van der Waals surface area contributed by atoms with Gasteiger partial charge >= 0.3 is 0 Å². The Labute approximate surface area is 101 Å². The maximum absolute atomic E-state index is 13.2. The predicted octanol–water partition coefficient (Wildman–Crippen LogP) is 3.59. The smallest absolute Gasteiger partial charge is 0.123 e. The summed E-state index contributed by atoms with van der Waals surface area (Å²) in [5.74, 6) is -0.167. The number of hydrogen-bond acceptors (Lipinski definition) is 1. The molecule has 0 spiro atoms. The van der Waals surface area contributed by atoms with Crippen LogP contribution in [0.15, 0.2) is 24.3 Å². The van der Waals surface area contributed by atoms with Crippen LogP contribution in [0.5, 0.6) is 0 Å². The average molecular weight is 242 g/mol. The zero-order chi connectivity index (χ0) is 11.7. The van der Waals surface area contributed by atoms with Gasteiger partial charge in [-0.1, -0.05) is 12.1 Å². The van der Waals surface area contributed by atoms with Crippen LogP contribution >= 0.6 is 11.6 Å². The molecule has 1 aromatic carbocycles. The first-order valence-corrected chi connectivity index (χ1v) is 6.17. The second-order valence-electron chi connectivity index (χ2n) is 4.69. The van der Waals surface area contributed by atoms with Crippen LogP contribution in [0.4, 0.5) is 4.39 Å². The normalized spacial score (nSPS) is 26.6. The van der Waals surface area contributed by atoms with Gasteiger partial charge in [-0.05, 0) is 38.0 Å². The van der Waals surface area contributed by atoms with Crippen molar-refractivity contribution in [2.45, 2.75) is 37.7 Å². The van der Waals surface area contributed by atoms with Gasteiger partial charge in [0.05, 0.1) is 0 Å². The van der Waals surface area contributed by atoms with Crippen molar-refractivity contribution in [2.24, 2.45) is 0 Å². The third kappa shape index (κ3) is 2.38. The van der Waals surface area contributed by atoms with Crippen LogP contribution in [-0.2, 0) is 0 Å². The van der Waals surface area contributed by atoms with E-state index in [-0.39, 0.29) is 17.2 Å². The molecule has 2 atom stereocenters. The molecule has 2 rings (SSSR count). The Balaban J connectivity index is 2.25. The molecule has 0 N–H and O–H groups in total. The third-order valence-electron chi connectivity index (χ3n) is 3.19. The van der Waals surface area contributed by atoms with Crippen LogP contribution in [0, 0.1) is 5.82 Å². The molecule has 1 heterocycles. The highest BCUT2D eigenvalue weighted by Crippen LogP contribution is 2.35. The zero-order valence-corrected chi connectivity index (χ0v) is 10.4. The number of likely N-dealkylation sites (tertiary alicyclic amines) is 1. The molecule has 1 saturated heterocycles. The lowest BCUT2D eigenvalue weighted by Gasteiger charge is -2.28. The first-order valence-electron chi connectivity index (χ1n) is 5.73. The van der Waals surface area contributed by atoms with E-state index in [1.165, 1.54) is 6.07 Å². The quantitative estimate of drug-likeness (QED) is 0.716. The minimum atomic E-state index is -0.167. The van der Waals surface area contributed by atoms with Crippen molar-refractivity contribution in [3.05, 3.63) is 35.6 Å². The van der Waals surface area contributed by atoms with Gasteiger partial charge in [0.15, 0.2) is 0 Å². The van der Waals surface area contributed by atoms with E-state index in [0.717, 1.165) is 18.5 Å². The topological polar surface area (TPSA) is 3.24 Å². The van der Waals surface area contributed by atoms with Gasteiger partial charge in [-0.3, -0.25) is 4.90 Å². The van der Waals surface area contributed by atoms with Crippen LogP contribution in [0.2, 0.25) is 0 Å². The van der Waals surface area contributed by atoms with Crippen LogP contribution in [0.3, 0.4) is 0 Å². The number of rotatable bonds is 2. The van der Waals surface area contributed by atoms with E-state index in [0.29, 0.717) is 6.04 Å². The maximum Gasteiger partial charge on any atom is 0.123 e. The van der Waals surface area contributed by atoms with Gasteiger partial charge in [0.25, 0.3) is 0 Å². The zero-order valence-electron chi connectivity index (χ0n) is 9.66. The molecule has 2 unspecified atom stereocenters. The summed E-state index contributed by atoms with van der Waals surface area (Å²) in [6, 6.07) is 7.56. The molecule has 16 heavy (non-hydrogen) atoms. The molecule has 1 fully saturated rings. The van der Waals surface area contributed by atoms with Gasteiger partial charge in [0, 0.05) is 24.0 Å². The maximum atomic E-state index is 13.2. The lowest BCUT2D eigenvalue weighted by Crippen LogP contribution is -2.31. The molecule has 1 nitrogen and oxygen atoms in total.